The molecular formula is C20H20N2O3. The Morgan fingerprint density at radius 1 is 1.16 bits per heavy atom. The van der Waals surface area contributed by atoms with E-state index in [2.05, 4.69) is 23.6 Å². The SMILES string of the molecule is CCCn1c2ccccc2c2cc(N3CC(C(=O)O)CC3=O)ccc21. The highest BCUT2D eigenvalue weighted by atomic mass is 16.4. The van der Waals surface area contributed by atoms with Gasteiger partial charge < -0.3 is 14.6 Å². The molecule has 1 unspecified atom stereocenters. The summed E-state index contributed by atoms with van der Waals surface area (Å²) in [5, 5.41) is 11.5. The van der Waals surface area contributed by atoms with Crippen LogP contribution in [0.25, 0.3) is 21.8 Å². The minimum atomic E-state index is -0.906. The molecule has 2 heterocycles. The van der Waals surface area contributed by atoms with Gasteiger partial charge >= 0.3 is 5.97 Å². The van der Waals surface area contributed by atoms with Crippen LogP contribution < -0.4 is 4.90 Å². The number of carbonyl (C=O) groups is 2. The van der Waals surface area contributed by atoms with Crippen molar-refractivity contribution in [2.24, 2.45) is 5.92 Å². The van der Waals surface area contributed by atoms with E-state index >= 15 is 0 Å². The minimum Gasteiger partial charge on any atom is -0.481 e. The van der Waals surface area contributed by atoms with Crippen molar-refractivity contribution in [1.82, 2.24) is 4.57 Å². The summed E-state index contributed by atoms with van der Waals surface area (Å²) in [6.07, 6.45) is 1.12. The lowest BCUT2D eigenvalue weighted by atomic mass is 10.1. The summed E-state index contributed by atoms with van der Waals surface area (Å²) in [4.78, 5) is 25.1. The molecule has 1 saturated heterocycles. The van der Waals surface area contributed by atoms with Gasteiger partial charge in [0.1, 0.15) is 0 Å². The average Bonchev–Trinajstić information content (AvgIpc) is 3.14. The van der Waals surface area contributed by atoms with Crippen molar-refractivity contribution >= 4 is 39.4 Å². The van der Waals surface area contributed by atoms with E-state index in [0.717, 1.165) is 34.9 Å². The van der Waals surface area contributed by atoms with Crippen molar-refractivity contribution in [3.63, 3.8) is 0 Å². The lowest BCUT2D eigenvalue weighted by Gasteiger charge is -2.16. The van der Waals surface area contributed by atoms with Crippen molar-refractivity contribution in [2.45, 2.75) is 26.3 Å². The van der Waals surface area contributed by atoms with Crippen molar-refractivity contribution in [3.05, 3.63) is 42.5 Å². The first-order valence-corrected chi connectivity index (χ1v) is 8.64. The normalized spacial score (nSPS) is 17.7. The first-order chi connectivity index (χ1) is 12.1. The summed E-state index contributed by atoms with van der Waals surface area (Å²) in [7, 11) is 0. The Morgan fingerprint density at radius 2 is 1.92 bits per heavy atom. The highest BCUT2D eigenvalue weighted by molar-refractivity contribution is 6.10. The van der Waals surface area contributed by atoms with Gasteiger partial charge in [-0.3, -0.25) is 9.59 Å². The van der Waals surface area contributed by atoms with Gasteiger partial charge in [-0.05, 0) is 30.7 Å². The zero-order valence-electron chi connectivity index (χ0n) is 14.1. The second-order valence-corrected chi connectivity index (χ2v) is 6.61. The smallest absolute Gasteiger partial charge is 0.308 e. The molecule has 0 aliphatic carbocycles. The molecule has 3 aromatic rings. The van der Waals surface area contributed by atoms with Crippen LogP contribution in [0.4, 0.5) is 5.69 Å². The molecule has 1 aromatic heterocycles. The number of nitrogens with zero attached hydrogens (tertiary/aromatic N) is 2. The van der Waals surface area contributed by atoms with E-state index in [1.54, 1.807) is 4.90 Å². The van der Waals surface area contributed by atoms with Crippen LogP contribution in [0.2, 0.25) is 0 Å². The molecule has 1 N–H and O–H groups in total. The zero-order chi connectivity index (χ0) is 17.6. The predicted molar refractivity (Wildman–Crippen MR) is 97.8 cm³/mol. The van der Waals surface area contributed by atoms with Crippen LogP contribution in [0.3, 0.4) is 0 Å². The number of anilines is 1. The molecule has 5 nitrogen and oxygen atoms in total. The van der Waals surface area contributed by atoms with E-state index in [1.165, 1.54) is 5.52 Å². The van der Waals surface area contributed by atoms with E-state index in [4.69, 9.17) is 0 Å². The second kappa shape index (κ2) is 5.92. The topological polar surface area (TPSA) is 62.5 Å². The summed E-state index contributed by atoms with van der Waals surface area (Å²) >= 11 is 0. The number of hydrogen-bond acceptors (Lipinski definition) is 2. The number of aryl methyl sites for hydroxylation is 1. The maximum atomic E-state index is 12.3. The molecule has 5 heteroatoms. The fraction of sp³-hybridized carbons (Fsp3) is 0.300. The average molecular weight is 336 g/mol. The van der Waals surface area contributed by atoms with Gasteiger partial charge in [-0.15, -0.1) is 0 Å². The maximum Gasteiger partial charge on any atom is 0.308 e. The van der Waals surface area contributed by atoms with Crippen LogP contribution in [0, 0.1) is 5.92 Å². The first kappa shape index (κ1) is 15.7. The molecule has 1 atom stereocenters. The fourth-order valence-electron chi connectivity index (χ4n) is 3.80. The second-order valence-electron chi connectivity index (χ2n) is 6.61. The molecule has 0 radical (unpaired) electrons. The molecule has 1 aliphatic rings. The molecule has 0 bridgehead atoms. The minimum absolute atomic E-state index is 0.0744. The summed E-state index contributed by atoms with van der Waals surface area (Å²) < 4.78 is 2.31. The van der Waals surface area contributed by atoms with Gasteiger partial charge in [-0.2, -0.15) is 0 Å². The quantitative estimate of drug-likeness (QED) is 0.791. The maximum absolute atomic E-state index is 12.3. The molecule has 2 aromatic carbocycles. The lowest BCUT2D eigenvalue weighted by Crippen LogP contribution is -2.25. The Labute approximate surface area is 145 Å². The monoisotopic (exact) mass is 336 g/mol. The lowest BCUT2D eigenvalue weighted by molar-refractivity contribution is -0.141. The standard InChI is InChI=1S/C20H20N2O3/c1-2-9-21-17-6-4-3-5-15(17)16-11-14(7-8-18(16)21)22-12-13(20(24)25)10-19(22)23/h3-8,11,13H,2,9-10,12H2,1H3,(H,24,25). The summed E-state index contributed by atoms with van der Waals surface area (Å²) in [5.74, 6) is -1.65. The highest BCUT2D eigenvalue weighted by Gasteiger charge is 2.35. The number of carboxylic acid groups (broad SMARTS) is 1. The number of aliphatic carboxylic acids is 1. The third kappa shape index (κ3) is 2.47. The van der Waals surface area contributed by atoms with E-state index in [9.17, 15) is 14.7 Å². The van der Waals surface area contributed by atoms with Gasteiger partial charge in [0.15, 0.2) is 0 Å². The third-order valence-corrected chi connectivity index (χ3v) is 4.99. The van der Waals surface area contributed by atoms with Crippen LogP contribution in [-0.4, -0.2) is 28.1 Å². The Hall–Kier alpha value is -2.82. The Bertz CT molecular complexity index is 989. The third-order valence-electron chi connectivity index (χ3n) is 4.99. The molecule has 0 spiro atoms. The molecule has 128 valence electrons. The van der Waals surface area contributed by atoms with Crippen molar-refractivity contribution in [1.29, 1.82) is 0 Å². The highest BCUT2D eigenvalue weighted by Crippen LogP contribution is 2.34. The van der Waals surface area contributed by atoms with Gasteiger partial charge in [-0.1, -0.05) is 25.1 Å². The van der Waals surface area contributed by atoms with Gasteiger partial charge in [-0.25, -0.2) is 0 Å². The van der Waals surface area contributed by atoms with Gasteiger partial charge in [0, 0.05) is 47.0 Å². The Kier molecular flexibility index (Phi) is 3.71. The number of hydrogen-bond donors (Lipinski definition) is 1. The van der Waals surface area contributed by atoms with Crippen molar-refractivity contribution < 1.29 is 14.7 Å². The van der Waals surface area contributed by atoms with Gasteiger partial charge in [0.2, 0.25) is 5.91 Å². The molecule has 25 heavy (non-hydrogen) atoms. The van der Waals surface area contributed by atoms with E-state index < -0.39 is 11.9 Å². The fourth-order valence-corrected chi connectivity index (χ4v) is 3.80. The molecular weight excluding hydrogens is 316 g/mol. The van der Waals surface area contributed by atoms with Crippen LogP contribution in [0.15, 0.2) is 42.5 Å². The van der Waals surface area contributed by atoms with E-state index in [1.807, 2.05) is 30.3 Å². The van der Waals surface area contributed by atoms with Crippen LogP contribution >= 0.6 is 0 Å². The summed E-state index contributed by atoms with van der Waals surface area (Å²) in [6.45, 7) is 3.34. The summed E-state index contributed by atoms with van der Waals surface area (Å²) in [5.41, 5.74) is 3.11. The largest absolute Gasteiger partial charge is 0.481 e. The number of aromatic nitrogens is 1. The van der Waals surface area contributed by atoms with E-state index in [0.29, 0.717) is 0 Å². The number of carboxylic acids is 1. The summed E-state index contributed by atoms with van der Waals surface area (Å²) in [6, 6.07) is 14.3. The predicted octanol–water partition coefficient (Wildman–Crippen LogP) is 3.64. The number of para-hydroxylation sites is 1. The first-order valence-electron chi connectivity index (χ1n) is 8.64. The molecule has 4 rings (SSSR count). The van der Waals surface area contributed by atoms with Crippen LogP contribution in [0.1, 0.15) is 19.8 Å². The van der Waals surface area contributed by atoms with E-state index in [-0.39, 0.29) is 18.9 Å². The van der Waals surface area contributed by atoms with Gasteiger partial charge in [0.25, 0.3) is 0 Å². The number of rotatable bonds is 4. The van der Waals surface area contributed by atoms with Crippen molar-refractivity contribution in [3.8, 4) is 0 Å². The number of carbonyl (C=O) groups excluding carboxylic acids is 1. The number of amides is 1. The molecule has 0 saturated carbocycles. The van der Waals surface area contributed by atoms with Crippen LogP contribution in [0.5, 0.6) is 0 Å². The van der Waals surface area contributed by atoms with Crippen LogP contribution in [-0.2, 0) is 16.1 Å². The Balaban J connectivity index is 1.85. The zero-order valence-corrected chi connectivity index (χ0v) is 14.1. The molecule has 1 amide bonds. The van der Waals surface area contributed by atoms with Gasteiger partial charge in [0.05, 0.1) is 5.92 Å². The van der Waals surface area contributed by atoms with Crippen molar-refractivity contribution in [2.75, 3.05) is 11.4 Å². The number of benzene rings is 2. The Morgan fingerprint density at radius 3 is 2.64 bits per heavy atom. The molecule has 1 fully saturated rings. The molecule has 1 aliphatic heterocycles. The number of fused-ring (bicyclic) bond motifs is 3.